The van der Waals surface area contributed by atoms with Gasteiger partial charge in [0, 0.05) is 51.0 Å². The van der Waals surface area contributed by atoms with Gasteiger partial charge in [0.25, 0.3) is 0 Å². The Morgan fingerprint density at radius 2 is 1.72 bits per heavy atom. The smallest absolute Gasteiger partial charge is 0.227 e. The maximum atomic E-state index is 12.8. The van der Waals surface area contributed by atoms with Crippen LogP contribution in [0.5, 0.6) is 5.75 Å². The van der Waals surface area contributed by atoms with Crippen molar-refractivity contribution in [2.24, 2.45) is 11.8 Å². The lowest BCUT2D eigenvalue weighted by Gasteiger charge is -2.22. The quantitative estimate of drug-likeness (QED) is 0.839. The highest BCUT2D eigenvalue weighted by atomic mass is 16.5. The number of ether oxygens (including phenoxy) is 1. The Morgan fingerprint density at radius 1 is 1.00 bits per heavy atom. The van der Waals surface area contributed by atoms with E-state index in [4.69, 9.17) is 4.74 Å². The second kappa shape index (κ2) is 6.84. The number of fused-ring (bicyclic) bond motifs is 1. The number of rotatable bonds is 5. The van der Waals surface area contributed by atoms with Crippen LogP contribution in [0.25, 0.3) is 0 Å². The first-order valence-corrected chi connectivity index (χ1v) is 8.76. The third-order valence-corrected chi connectivity index (χ3v) is 5.29. The summed E-state index contributed by atoms with van der Waals surface area (Å²) in [5.41, 5.74) is 2.42. The molecule has 3 heterocycles. The van der Waals surface area contributed by atoms with Gasteiger partial charge >= 0.3 is 0 Å². The van der Waals surface area contributed by atoms with Crippen LogP contribution in [0, 0.1) is 11.8 Å². The number of aromatic nitrogens is 1. The molecule has 2 aliphatic heterocycles. The maximum absolute atomic E-state index is 12.8. The lowest BCUT2D eigenvalue weighted by atomic mass is 10.0. The number of likely N-dealkylation sites (tertiary alicyclic amines) is 2. The molecule has 1 aromatic carbocycles. The monoisotopic (exact) mass is 337 g/mol. The lowest BCUT2D eigenvalue weighted by molar-refractivity contribution is -0.131. The van der Waals surface area contributed by atoms with E-state index in [0.29, 0.717) is 18.4 Å². The van der Waals surface area contributed by atoms with Crippen molar-refractivity contribution >= 4 is 5.91 Å². The number of benzene rings is 1. The van der Waals surface area contributed by atoms with Gasteiger partial charge < -0.3 is 9.64 Å². The number of carbonyl (C=O) groups is 1. The summed E-state index contributed by atoms with van der Waals surface area (Å²) >= 11 is 0. The van der Waals surface area contributed by atoms with Gasteiger partial charge in [-0.25, -0.2) is 0 Å². The fourth-order valence-electron chi connectivity index (χ4n) is 4.00. The Hall–Kier alpha value is -2.40. The fraction of sp³-hybridized carbons (Fsp3) is 0.400. The number of nitrogens with zero attached hydrogens (tertiary/aromatic N) is 3. The molecule has 0 N–H and O–H groups in total. The molecule has 1 amide bonds. The van der Waals surface area contributed by atoms with Crippen molar-refractivity contribution < 1.29 is 9.53 Å². The Labute approximate surface area is 148 Å². The molecule has 130 valence electrons. The fourth-order valence-corrected chi connectivity index (χ4v) is 4.00. The summed E-state index contributed by atoms with van der Waals surface area (Å²) in [6.45, 7) is 4.33. The van der Waals surface area contributed by atoms with Crippen molar-refractivity contribution in [3.63, 3.8) is 0 Å². The molecule has 4 rings (SSSR count). The van der Waals surface area contributed by atoms with E-state index in [2.05, 4.69) is 9.88 Å². The SMILES string of the molecule is COc1ccc(CN2C[C@@H]3CN(Cc4ccncc4)C[C@@H]3C2=O)cc1. The van der Waals surface area contributed by atoms with Crippen molar-refractivity contribution in [1.82, 2.24) is 14.8 Å². The van der Waals surface area contributed by atoms with Gasteiger partial charge in [0.15, 0.2) is 0 Å². The summed E-state index contributed by atoms with van der Waals surface area (Å²) in [7, 11) is 1.66. The van der Waals surface area contributed by atoms with E-state index >= 15 is 0 Å². The molecular weight excluding hydrogens is 314 g/mol. The predicted octanol–water partition coefficient (Wildman–Crippen LogP) is 2.18. The second-order valence-corrected chi connectivity index (χ2v) is 6.98. The van der Waals surface area contributed by atoms with Gasteiger partial charge in [-0.2, -0.15) is 0 Å². The highest BCUT2D eigenvalue weighted by Crippen LogP contribution is 2.33. The first-order chi connectivity index (χ1) is 12.2. The molecule has 2 aliphatic rings. The van der Waals surface area contributed by atoms with Crippen LogP contribution in [0.15, 0.2) is 48.8 Å². The topological polar surface area (TPSA) is 45.7 Å². The van der Waals surface area contributed by atoms with Gasteiger partial charge in [0.05, 0.1) is 13.0 Å². The Morgan fingerprint density at radius 3 is 2.40 bits per heavy atom. The number of carbonyl (C=O) groups excluding carboxylic acids is 1. The standard InChI is InChI=1S/C20H23N3O2/c1-25-18-4-2-15(3-5-18)11-23-13-17-12-22(14-19(17)20(23)24)10-16-6-8-21-9-7-16/h2-9,17,19H,10-14H2,1H3/t17-,19-/m0/s1. The van der Waals surface area contributed by atoms with Crippen molar-refractivity contribution in [2.75, 3.05) is 26.7 Å². The van der Waals surface area contributed by atoms with E-state index < -0.39 is 0 Å². The molecular formula is C20H23N3O2. The van der Waals surface area contributed by atoms with Crippen LogP contribution >= 0.6 is 0 Å². The third kappa shape index (κ3) is 3.37. The Bertz CT molecular complexity index is 732. The first kappa shape index (κ1) is 16.1. The molecule has 5 nitrogen and oxygen atoms in total. The van der Waals surface area contributed by atoms with E-state index in [1.807, 2.05) is 53.7 Å². The van der Waals surface area contributed by atoms with Crippen LogP contribution in [-0.2, 0) is 17.9 Å². The van der Waals surface area contributed by atoms with Crippen molar-refractivity contribution in [1.29, 1.82) is 0 Å². The minimum atomic E-state index is 0.153. The first-order valence-electron chi connectivity index (χ1n) is 8.76. The van der Waals surface area contributed by atoms with E-state index in [1.54, 1.807) is 7.11 Å². The van der Waals surface area contributed by atoms with Crippen LogP contribution in [-0.4, -0.2) is 47.4 Å². The Balaban J connectivity index is 1.35. The van der Waals surface area contributed by atoms with Crippen LogP contribution in [0.1, 0.15) is 11.1 Å². The van der Waals surface area contributed by atoms with Crippen molar-refractivity contribution in [3.05, 3.63) is 59.9 Å². The van der Waals surface area contributed by atoms with Gasteiger partial charge in [-0.15, -0.1) is 0 Å². The van der Waals surface area contributed by atoms with E-state index in [-0.39, 0.29) is 5.92 Å². The van der Waals surface area contributed by atoms with E-state index in [1.165, 1.54) is 5.56 Å². The van der Waals surface area contributed by atoms with Crippen LogP contribution in [0.2, 0.25) is 0 Å². The molecule has 5 heteroatoms. The molecule has 2 fully saturated rings. The van der Waals surface area contributed by atoms with Crippen molar-refractivity contribution in [2.45, 2.75) is 13.1 Å². The minimum absolute atomic E-state index is 0.153. The maximum Gasteiger partial charge on any atom is 0.227 e. The van der Waals surface area contributed by atoms with Gasteiger partial charge in [-0.05, 0) is 35.4 Å². The molecule has 0 saturated carbocycles. The van der Waals surface area contributed by atoms with Gasteiger partial charge in [0.2, 0.25) is 5.91 Å². The highest BCUT2D eigenvalue weighted by Gasteiger charge is 2.45. The molecule has 0 spiro atoms. The summed E-state index contributed by atoms with van der Waals surface area (Å²) in [5.74, 6) is 1.76. The van der Waals surface area contributed by atoms with Gasteiger partial charge in [-0.1, -0.05) is 12.1 Å². The highest BCUT2D eigenvalue weighted by molar-refractivity contribution is 5.82. The second-order valence-electron chi connectivity index (χ2n) is 6.98. The summed E-state index contributed by atoms with van der Waals surface area (Å²) in [5, 5.41) is 0. The van der Waals surface area contributed by atoms with Crippen LogP contribution < -0.4 is 4.74 Å². The molecule has 1 aromatic heterocycles. The average molecular weight is 337 g/mol. The zero-order valence-corrected chi connectivity index (χ0v) is 14.5. The van der Waals surface area contributed by atoms with Crippen LogP contribution in [0.3, 0.4) is 0 Å². The minimum Gasteiger partial charge on any atom is -0.497 e. The number of amides is 1. The zero-order chi connectivity index (χ0) is 17.2. The normalized spacial score (nSPS) is 23.1. The number of hydrogen-bond acceptors (Lipinski definition) is 4. The molecule has 0 aliphatic carbocycles. The van der Waals surface area contributed by atoms with Gasteiger partial charge in [0.1, 0.15) is 5.75 Å². The molecule has 0 radical (unpaired) electrons. The van der Waals surface area contributed by atoms with E-state index in [9.17, 15) is 4.79 Å². The average Bonchev–Trinajstić information content (AvgIpc) is 3.16. The Kier molecular flexibility index (Phi) is 4.40. The van der Waals surface area contributed by atoms with E-state index in [0.717, 1.165) is 37.5 Å². The largest absolute Gasteiger partial charge is 0.497 e. The summed E-state index contributed by atoms with van der Waals surface area (Å²) in [6.07, 6.45) is 3.65. The number of methoxy groups -OCH3 is 1. The molecule has 2 aromatic rings. The predicted molar refractivity (Wildman–Crippen MR) is 94.9 cm³/mol. The molecule has 0 unspecified atom stereocenters. The lowest BCUT2D eigenvalue weighted by Crippen LogP contribution is -2.32. The molecule has 25 heavy (non-hydrogen) atoms. The van der Waals surface area contributed by atoms with Crippen LogP contribution in [0.4, 0.5) is 0 Å². The summed E-state index contributed by atoms with van der Waals surface area (Å²) < 4.78 is 5.19. The zero-order valence-electron chi connectivity index (χ0n) is 14.5. The summed E-state index contributed by atoms with van der Waals surface area (Å²) in [6, 6.07) is 12.1. The molecule has 2 atom stereocenters. The number of hydrogen-bond donors (Lipinski definition) is 0. The summed E-state index contributed by atoms with van der Waals surface area (Å²) in [4.78, 5) is 21.3. The molecule has 2 saturated heterocycles. The number of pyridine rings is 1. The molecule has 0 bridgehead atoms. The third-order valence-electron chi connectivity index (χ3n) is 5.29. The van der Waals surface area contributed by atoms with Gasteiger partial charge in [-0.3, -0.25) is 14.7 Å². The van der Waals surface area contributed by atoms with Crippen molar-refractivity contribution in [3.8, 4) is 5.75 Å².